The van der Waals surface area contributed by atoms with E-state index < -0.39 is 12.0 Å². The quantitative estimate of drug-likeness (QED) is 0.815. The van der Waals surface area contributed by atoms with Crippen molar-refractivity contribution < 1.29 is 14.3 Å². The fourth-order valence-corrected chi connectivity index (χ4v) is 1.93. The van der Waals surface area contributed by atoms with E-state index in [4.69, 9.17) is 10.5 Å². The number of amides is 2. The van der Waals surface area contributed by atoms with Crippen molar-refractivity contribution in [1.82, 2.24) is 5.32 Å². The topological polar surface area (TPSA) is 81.4 Å². The van der Waals surface area contributed by atoms with Crippen molar-refractivity contribution in [2.45, 2.75) is 19.1 Å². The molecule has 114 valence electrons. The largest absolute Gasteiger partial charge is 0.480 e. The van der Waals surface area contributed by atoms with E-state index in [1.807, 2.05) is 36.4 Å². The molecule has 0 radical (unpaired) electrons. The van der Waals surface area contributed by atoms with Crippen molar-refractivity contribution in [2.75, 3.05) is 0 Å². The predicted molar refractivity (Wildman–Crippen MR) is 83.0 cm³/mol. The van der Waals surface area contributed by atoms with E-state index in [0.29, 0.717) is 12.3 Å². The lowest BCUT2D eigenvalue weighted by atomic mass is 10.2. The molecule has 1 atom stereocenters. The van der Waals surface area contributed by atoms with Gasteiger partial charge in [-0.15, -0.1) is 0 Å². The molecule has 0 heterocycles. The van der Waals surface area contributed by atoms with Gasteiger partial charge in [0.1, 0.15) is 5.75 Å². The third-order valence-corrected chi connectivity index (χ3v) is 3.01. The van der Waals surface area contributed by atoms with Gasteiger partial charge in [0.05, 0.1) is 6.42 Å². The fraction of sp³-hybridized carbons (Fsp3) is 0.176. The van der Waals surface area contributed by atoms with Crippen LogP contribution in [0.3, 0.4) is 0 Å². The Labute approximate surface area is 129 Å². The SMILES string of the molecule is NC(=O)CC(Oc1ccccc1)C(=O)NCc1ccccc1. The summed E-state index contributed by atoms with van der Waals surface area (Å²) in [6, 6.07) is 18.4. The molecule has 2 aromatic rings. The van der Waals surface area contributed by atoms with Gasteiger partial charge in [0.25, 0.3) is 5.91 Å². The maximum atomic E-state index is 12.2. The lowest BCUT2D eigenvalue weighted by Crippen LogP contribution is -2.40. The van der Waals surface area contributed by atoms with Gasteiger partial charge in [-0.05, 0) is 17.7 Å². The Morgan fingerprint density at radius 1 is 1.00 bits per heavy atom. The number of primary amides is 1. The van der Waals surface area contributed by atoms with Crippen LogP contribution in [0, 0.1) is 0 Å². The standard InChI is InChI=1S/C17H18N2O3/c18-16(20)11-15(22-14-9-5-2-6-10-14)17(21)19-12-13-7-3-1-4-8-13/h1-10,15H,11-12H2,(H2,18,20)(H,19,21). The van der Waals surface area contributed by atoms with E-state index in [1.165, 1.54) is 0 Å². The number of ether oxygens (including phenoxy) is 1. The van der Waals surface area contributed by atoms with Crippen molar-refractivity contribution in [1.29, 1.82) is 0 Å². The Morgan fingerprint density at radius 2 is 1.59 bits per heavy atom. The van der Waals surface area contributed by atoms with Gasteiger partial charge in [0.15, 0.2) is 6.10 Å². The number of hydrogen-bond donors (Lipinski definition) is 2. The molecule has 0 bridgehead atoms. The van der Waals surface area contributed by atoms with Crippen molar-refractivity contribution >= 4 is 11.8 Å². The second kappa shape index (κ2) is 7.83. The first kappa shape index (κ1) is 15.6. The third-order valence-electron chi connectivity index (χ3n) is 3.01. The Balaban J connectivity index is 1.98. The molecule has 5 nitrogen and oxygen atoms in total. The molecule has 0 fully saturated rings. The second-order valence-electron chi connectivity index (χ2n) is 4.79. The van der Waals surface area contributed by atoms with Crippen LogP contribution in [0.25, 0.3) is 0 Å². The molecule has 0 saturated carbocycles. The zero-order valence-electron chi connectivity index (χ0n) is 12.1. The average Bonchev–Trinajstić information content (AvgIpc) is 2.53. The Bertz CT molecular complexity index is 614. The summed E-state index contributed by atoms with van der Waals surface area (Å²) >= 11 is 0. The molecule has 1 unspecified atom stereocenters. The minimum atomic E-state index is -0.941. The first-order valence-electron chi connectivity index (χ1n) is 6.97. The molecule has 0 spiro atoms. The van der Waals surface area contributed by atoms with Crippen LogP contribution in [0.5, 0.6) is 5.75 Å². The predicted octanol–water partition coefficient (Wildman–Crippen LogP) is 1.63. The highest BCUT2D eigenvalue weighted by molar-refractivity contribution is 5.87. The minimum Gasteiger partial charge on any atom is -0.480 e. The maximum Gasteiger partial charge on any atom is 0.261 e. The number of para-hydroxylation sites is 1. The first-order chi connectivity index (χ1) is 10.6. The summed E-state index contributed by atoms with van der Waals surface area (Å²) in [5.41, 5.74) is 6.16. The number of rotatable bonds is 7. The van der Waals surface area contributed by atoms with Crippen LogP contribution in [0.2, 0.25) is 0 Å². The molecular weight excluding hydrogens is 280 g/mol. The van der Waals surface area contributed by atoms with Crippen LogP contribution >= 0.6 is 0 Å². The summed E-state index contributed by atoms with van der Waals surface area (Å²) in [6.45, 7) is 0.368. The van der Waals surface area contributed by atoms with Gasteiger partial charge in [-0.3, -0.25) is 9.59 Å². The molecule has 0 aliphatic carbocycles. The van der Waals surface area contributed by atoms with Gasteiger partial charge in [0.2, 0.25) is 5.91 Å². The van der Waals surface area contributed by atoms with Gasteiger partial charge in [-0.25, -0.2) is 0 Å². The van der Waals surface area contributed by atoms with Gasteiger partial charge in [-0.1, -0.05) is 48.5 Å². The van der Waals surface area contributed by atoms with Crippen LogP contribution < -0.4 is 15.8 Å². The molecule has 0 saturated heterocycles. The highest BCUT2D eigenvalue weighted by Crippen LogP contribution is 2.13. The minimum absolute atomic E-state index is 0.171. The van der Waals surface area contributed by atoms with Crippen LogP contribution in [-0.2, 0) is 16.1 Å². The second-order valence-corrected chi connectivity index (χ2v) is 4.79. The van der Waals surface area contributed by atoms with Crippen molar-refractivity contribution in [3.63, 3.8) is 0 Å². The molecule has 2 aromatic carbocycles. The Morgan fingerprint density at radius 3 is 2.18 bits per heavy atom. The lowest BCUT2D eigenvalue weighted by Gasteiger charge is -2.17. The highest BCUT2D eigenvalue weighted by Gasteiger charge is 2.22. The van der Waals surface area contributed by atoms with Crippen molar-refractivity contribution in [2.24, 2.45) is 5.73 Å². The van der Waals surface area contributed by atoms with Crippen molar-refractivity contribution in [3.8, 4) is 5.75 Å². The van der Waals surface area contributed by atoms with Gasteiger partial charge in [-0.2, -0.15) is 0 Å². The summed E-state index contributed by atoms with van der Waals surface area (Å²) in [7, 11) is 0. The van der Waals surface area contributed by atoms with E-state index >= 15 is 0 Å². The normalized spacial score (nSPS) is 11.5. The van der Waals surface area contributed by atoms with Gasteiger partial charge >= 0.3 is 0 Å². The smallest absolute Gasteiger partial charge is 0.261 e. The van der Waals surface area contributed by atoms with E-state index in [0.717, 1.165) is 5.56 Å². The number of hydrogen-bond acceptors (Lipinski definition) is 3. The molecule has 2 rings (SSSR count). The third kappa shape index (κ3) is 4.94. The van der Waals surface area contributed by atoms with E-state index in [1.54, 1.807) is 24.3 Å². The first-order valence-corrected chi connectivity index (χ1v) is 6.97. The maximum absolute atomic E-state index is 12.2. The molecule has 0 aliphatic rings. The number of nitrogens with two attached hydrogens (primary N) is 1. The summed E-state index contributed by atoms with van der Waals surface area (Å²) in [5.74, 6) is -0.439. The number of carbonyl (C=O) groups is 2. The molecule has 5 heteroatoms. The molecule has 3 N–H and O–H groups in total. The molecule has 2 amide bonds. The fourth-order valence-electron chi connectivity index (χ4n) is 1.93. The summed E-state index contributed by atoms with van der Waals surface area (Å²) in [5, 5.41) is 2.75. The monoisotopic (exact) mass is 298 g/mol. The zero-order valence-corrected chi connectivity index (χ0v) is 12.1. The van der Waals surface area contributed by atoms with Crippen LogP contribution in [0.15, 0.2) is 60.7 Å². The van der Waals surface area contributed by atoms with E-state index in [2.05, 4.69) is 5.32 Å². The number of benzene rings is 2. The van der Waals surface area contributed by atoms with Crippen molar-refractivity contribution in [3.05, 3.63) is 66.2 Å². The van der Waals surface area contributed by atoms with E-state index in [9.17, 15) is 9.59 Å². The highest BCUT2D eigenvalue weighted by atomic mass is 16.5. The molecule has 22 heavy (non-hydrogen) atoms. The molecule has 0 aromatic heterocycles. The summed E-state index contributed by atoms with van der Waals surface area (Å²) in [4.78, 5) is 23.4. The Kier molecular flexibility index (Phi) is 5.54. The summed E-state index contributed by atoms with van der Waals surface area (Å²) in [6.07, 6.45) is -1.11. The van der Waals surface area contributed by atoms with Crippen LogP contribution in [-0.4, -0.2) is 17.9 Å². The van der Waals surface area contributed by atoms with Crippen LogP contribution in [0.4, 0.5) is 0 Å². The Hall–Kier alpha value is -2.82. The van der Waals surface area contributed by atoms with E-state index in [-0.39, 0.29) is 12.3 Å². The van der Waals surface area contributed by atoms with Gasteiger partial charge in [0, 0.05) is 6.54 Å². The average molecular weight is 298 g/mol. The lowest BCUT2D eigenvalue weighted by molar-refractivity contribution is -0.132. The number of carbonyl (C=O) groups excluding carboxylic acids is 2. The molecular formula is C17H18N2O3. The van der Waals surface area contributed by atoms with Crippen LogP contribution in [0.1, 0.15) is 12.0 Å². The number of nitrogens with one attached hydrogen (secondary N) is 1. The zero-order chi connectivity index (χ0) is 15.8. The molecule has 0 aliphatic heterocycles. The van der Waals surface area contributed by atoms with Gasteiger partial charge < -0.3 is 15.8 Å². The summed E-state index contributed by atoms with van der Waals surface area (Å²) < 4.78 is 5.56.